The van der Waals surface area contributed by atoms with Gasteiger partial charge in [-0.2, -0.15) is 0 Å². The number of aromatic nitrogens is 2. The third-order valence-electron chi connectivity index (χ3n) is 3.81. The highest BCUT2D eigenvalue weighted by molar-refractivity contribution is 7.16. The molecule has 7 heteroatoms. The largest absolute Gasteiger partial charge is 0.374 e. The number of nitrogens with two attached hydrogens (primary N) is 1. The Morgan fingerprint density at radius 1 is 1.33 bits per heavy atom. The van der Waals surface area contributed by atoms with Crippen LogP contribution in [0.15, 0.2) is 0 Å². The Bertz CT molecular complexity index is 448. The number of piperidine rings is 1. The van der Waals surface area contributed by atoms with Gasteiger partial charge >= 0.3 is 0 Å². The second kappa shape index (κ2) is 4.81. The average molecular weight is 267 g/mol. The molecule has 0 aromatic carbocycles. The van der Waals surface area contributed by atoms with Gasteiger partial charge in [-0.3, -0.25) is 9.69 Å². The van der Waals surface area contributed by atoms with Gasteiger partial charge < -0.3 is 11.1 Å². The van der Waals surface area contributed by atoms with Gasteiger partial charge in [0, 0.05) is 18.6 Å². The summed E-state index contributed by atoms with van der Waals surface area (Å²) in [6, 6.07) is 0.760. The number of amides is 1. The molecule has 2 aliphatic heterocycles. The third kappa shape index (κ3) is 2.20. The van der Waals surface area contributed by atoms with Crippen molar-refractivity contribution in [2.45, 2.75) is 37.8 Å². The van der Waals surface area contributed by atoms with Crippen molar-refractivity contribution in [3.8, 4) is 0 Å². The third-order valence-corrected chi connectivity index (χ3v) is 4.56. The van der Waals surface area contributed by atoms with Gasteiger partial charge in [-0.05, 0) is 25.8 Å². The second-order valence-electron chi connectivity index (χ2n) is 4.91. The topological polar surface area (TPSA) is 84.1 Å². The maximum atomic E-state index is 12.0. The van der Waals surface area contributed by atoms with E-state index in [1.165, 1.54) is 25.8 Å². The van der Waals surface area contributed by atoms with E-state index in [0.717, 1.165) is 24.3 Å². The molecule has 18 heavy (non-hydrogen) atoms. The van der Waals surface area contributed by atoms with Gasteiger partial charge in [0.25, 0.3) is 5.91 Å². The quantitative estimate of drug-likeness (QED) is 0.814. The molecule has 3 N–H and O–H groups in total. The summed E-state index contributed by atoms with van der Waals surface area (Å²) < 4.78 is 0. The van der Waals surface area contributed by atoms with E-state index < -0.39 is 0 Å². The standard InChI is InChI=1S/C11H17N5OS/c12-11-15-14-10(18-11)9(17)13-7-4-6-16-5-2-1-3-8(7)16/h7-8H,1-6H2,(H2,12,15)(H,13,17). The smallest absolute Gasteiger partial charge is 0.282 e. The van der Waals surface area contributed by atoms with Crippen LogP contribution in [0.3, 0.4) is 0 Å². The van der Waals surface area contributed by atoms with E-state index in [0.29, 0.717) is 16.2 Å². The van der Waals surface area contributed by atoms with Crippen LogP contribution >= 0.6 is 11.3 Å². The Kier molecular flexibility index (Phi) is 3.17. The van der Waals surface area contributed by atoms with Crippen molar-refractivity contribution in [2.75, 3.05) is 18.8 Å². The molecule has 1 aromatic heterocycles. The van der Waals surface area contributed by atoms with E-state index in [1.807, 2.05) is 0 Å². The number of anilines is 1. The summed E-state index contributed by atoms with van der Waals surface area (Å²) in [5, 5.41) is 11.2. The van der Waals surface area contributed by atoms with Gasteiger partial charge in [0.1, 0.15) is 0 Å². The number of carbonyl (C=O) groups is 1. The zero-order valence-corrected chi connectivity index (χ0v) is 10.9. The van der Waals surface area contributed by atoms with E-state index in [1.54, 1.807) is 0 Å². The van der Waals surface area contributed by atoms with Crippen LogP contribution in [0.2, 0.25) is 0 Å². The maximum absolute atomic E-state index is 12.0. The van der Waals surface area contributed by atoms with Crippen LogP contribution in [0.1, 0.15) is 35.5 Å². The Hall–Kier alpha value is -1.21. The van der Waals surface area contributed by atoms with Crippen LogP contribution in [0.5, 0.6) is 0 Å². The summed E-state index contributed by atoms with van der Waals surface area (Å²) in [7, 11) is 0. The SMILES string of the molecule is Nc1nnc(C(=O)NC2CCN3CCCCC23)s1. The second-order valence-corrected chi connectivity index (χ2v) is 5.92. The molecule has 2 saturated heterocycles. The number of fused-ring (bicyclic) bond motifs is 1. The van der Waals surface area contributed by atoms with E-state index in [9.17, 15) is 4.79 Å². The van der Waals surface area contributed by atoms with Crippen LogP contribution in [0.25, 0.3) is 0 Å². The zero-order chi connectivity index (χ0) is 12.5. The molecule has 0 aliphatic carbocycles. The van der Waals surface area contributed by atoms with Crippen molar-refractivity contribution >= 4 is 22.4 Å². The predicted molar refractivity (Wildman–Crippen MR) is 69.4 cm³/mol. The van der Waals surface area contributed by atoms with Crippen molar-refractivity contribution in [3.63, 3.8) is 0 Å². The summed E-state index contributed by atoms with van der Waals surface area (Å²) in [5.41, 5.74) is 5.49. The molecule has 3 heterocycles. The van der Waals surface area contributed by atoms with Gasteiger partial charge in [-0.1, -0.05) is 17.8 Å². The van der Waals surface area contributed by atoms with E-state index >= 15 is 0 Å². The Balaban J connectivity index is 1.64. The molecule has 0 radical (unpaired) electrons. The number of hydrogen-bond donors (Lipinski definition) is 2. The molecule has 0 bridgehead atoms. The fraction of sp³-hybridized carbons (Fsp3) is 0.727. The lowest BCUT2D eigenvalue weighted by atomic mass is 9.99. The number of nitrogens with one attached hydrogen (secondary N) is 1. The minimum absolute atomic E-state index is 0.137. The lowest BCUT2D eigenvalue weighted by molar-refractivity contribution is 0.0914. The minimum atomic E-state index is -0.137. The van der Waals surface area contributed by atoms with E-state index in [-0.39, 0.29) is 11.9 Å². The predicted octanol–water partition coefficient (Wildman–Crippen LogP) is 0.477. The highest BCUT2D eigenvalue weighted by atomic mass is 32.1. The molecular formula is C11H17N5OS. The number of hydrogen-bond acceptors (Lipinski definition) is 6. The van der Waals surface area contributed by atoms with Crippen LogP contribution in [0, 0.1) is 0 Å². The molecule has 0 spiro atoms. The molecule has 1 amide bonds. The first-order valence-electron chi connectivity index (χ1n) is 6.38. The molecule has 3 rings (SSSR count). The number of carbonyl (C=O) groups excluding carboxylic acids is 1. The molecule has 6 nitrogen and oxygen atoms in total. The minimum Gasteiger partial charge on any atom is -0.374 e. The Morgan fingerprint density at radius 3 is 3.00 bits per heavy atom. The first kappa shape index (κ1) is 11.9. The summed E-state index contributed by atoms with van der Waals surface area (Å²) >= 11 is 1.14. The highest BCUT2D eigenvalue weighted by Gasteiger charge is 2.36. The summed E-state index contributed by atoms with van der Waals surface area (Å²) in [4.78, 5) is 14.5. The van der Waals surface area contributed by atoms with Gasteiger partial charge in [0.05, 0.1) is 0 Å². The first-order chi connectivity index (χ1) is 8.74. The Labute approximate surface area is 110 Å². The van der Waals surface area contributed by atoms with Crippen LogP contribution in [-0.2, 0) is 0 Å². The molecule has 0 saturated carbocycles. The lowest BCUT2D eigenvalue weighted by Gasteiger charge is -2.32. The molecule has 2 unspecified atom stereocenters. The number of rotatable bonds is 2. The molecule has 2 fully saturated rings. The van der Waals surface area contributed by atoms with Crippen molar-refractivity contribution in [2.24, 2.45) is 0 Å². The number of nitrogen functional groups attached to an aromatic ring is 1. The summed E-state index contributed by atoms with van der Waals surface area (Å²) in [5.74, 6) is -0.137. The van der Waals surface area contributed by atoms with Crippen LogP contribution in [0.4, 0.5) is 5.13 Å². The molecule has 98 valence electrons. The number of nitrogens with zero attached hydrogens (tertiary/aromatic N) is 3. The summed E-state index contributed by atoms with van der Waals surface area (Å²) in [6.45, 7) is 2.26. The average Bonchev–Trinajstić information content (AvgIpc) is 2.97. The van der Waals surface area contributed by atoms with E-state index in [4.69, 9.17) is 5.73 Å². The molecule has 2 atom stereocenters. The van der Waals surface area contributed by atoms with Gasteiger partial charge in [-0.25, -0.2) is 0 Å². The molecule has 1 aromatic rings. The van der Waals surface area contributed by atoms with E-state index in [2.05, 4.69) is 20.4 Å². The van der Waals surface area contributed by atoms with Crippen molar-refractivity contribution in [1.29, 1.82) is 0 Å². The molecular weight excluding hydrogens is 250 g/mol. The Morgan fingerprint density at radius 2 is 2.22 bits per heavy atom. The lowest BCUT2D eigenvalue weighted by Crippen LogP contribution is -2.46. The van der Waals surface area contributed by atoms with Gasteiger partial charge in [0.15, 0.2) is 0 Å². The van der Waals surface area contributed by atoms with Crippen molar-refractivity contribution in [3.05, 3.63) is 5.01 Å². The maximum Gasteiger partial charge on any atom is 0.282 e. The van der Waals surface area contributed by atoms with Crippen molar-refractivity contribution in [1.82, 2.24) is 20.4 Å². The molecule has 2 aliphatic rings. The first-order valence-corrected chi connectivity index (χ1v) is 7.19. The van der Waals surface area contributed by atoms with Gasteiger partial charge in [0.2, 0.25) is 10.1 Å². The van der Waals surface area contributed by atoms with Crippen molar-refractivity contribution < 1.29 is 4.79 Å². The van der Waals surface area contributed by atoms with Gasteiger partial charge in [-0.15, -0.1) is 10.2 Å². The monoisotopic (exact) mass is 267 g/mol. The van der Waals surface area contributed by atoms with Crippen LogP contribution in [-0.4, -0.2) is 46.2 Å². The zero-order valence-electron chi connectivity index (χ0n) is 10.1. The summed E-state index contributed by atoms with van der Waals surface area (Å²) in [6.07, 6.45) is 4.76. The normalized spacial score (nSPS) is 28.0. The fourth-order valence-corrected chi connectivity index (χ4v) is 3.49. The highest BCUT2D eigenvalue weighted by Crippen LogP contribution is 2.27. The fourth-order valence-electron chi connectivity index (χ4n) is 2.97. The van der Waals surface area contributed by atoms with Crippen LogP contribution < -0.4 is 11.1 Å².